The van der Waals surface area contributed by atoms with Crippen LogP contribution in [0, 0.1) is 5.92 Å². The summed E-state index contributed by atoms with van der Waals surface area (Å²) in [6.07, 6.45) is 8.08. The smallest absolute Gasteiger partial charge is 0.129 e. The van der Waals surface area contributed by atoms with E-state index in [4.69, 9.17) is 11.6 Å². The fourth-order valence-electron chi connectivity index (χ4n) is 1.97. The van der Waals surface area contributed by atoms with Crippen LogP contribution in [0.5, 0.6) is 0 Å². The zero-order chi connectivity index (χ0) is 10.5. The number of rotatable bonds is 3. The molecule has 82 valence electrons. The topological polar surface area (TPSA) is 37.8 Å². The highest BCUT2D eigenvalue weighted by molar-refractivity contribution is 6.20. The zero-order valence-electron chi connectivity index (χ0n) is 8.69. The first kappa shape index (κ1) is 10.7. The van der Waals surface area contributed by atoms with Gasteiger partial charge in [0, 0.05) is 18.1 Å². The average molecular weight is 226 g/mol. The second kappa shape index (κ2) is 5.31. The number of nitrogens with zero attached hydrogens (tertiary/aromatic N) is 2. The number of alkyl halides is 1. The summed E-state index contributed by atoms with van der Waals surface area (Å²) in [6, 6.07) is 1.90. The molecule has 0 saturated heterocycles. The van der Waals surface area contributed by atoms with Crippen LogP contribution in [-0.4, -0.2) is 21.9 Å². The molecule has 1 saturated carbocycles. The molecule has 15 heavy (non-hydrogen) atoms. The molecule has 2 rings (SSSR count). The fraction of sp³-hybridized carbons (Fsp3) is 0.636. The second-order valence-electron chi connectivity index (χ2n) is 4.09. The molecule has 0 aromatic carbocycles. The van der Waals surface area contributed by atoms with Gasteiger partial charge in [0.2, 0.25) is 0 Å². The van der Waals surface area contributed by atoms with E-state index in [1.165, 1.54) is 12.8 Å². The van der Waals surface area contributed by atoms with Crippen LogP contribution in [0.25, 0.3) is 0 Å². The first-order valence-electron chi connectivity index (χ1n) is 5.48. The number of aromatic nitrogens is 2. The number of hydrogen-bond acceptors (Lipinski definition) is 3. The molecular weight excluding hydrogens is 210 g/mol. The van der Waals surface area contributed by atoms with Crippen LogP contribution in [0.2, 0.25) is 0 Å². The third-order valence-electron chi connectivity index (χ3n) is 2.93. The van der Waals surface area contributed by atoms with Crippen LogP contribution in [0.1, 0.15) is 25.7 Å². The summed E-state index contributed by atoms with van der Waals surface area (Å²) in [5.74, 6) is 1.66. The van der Waals surface area contributed by atoms with E-state index >= 15 is 0 Å². The Bertz CT molecular complexity index is 283. The highest BCUT2D eigenvalue weighted by Gasteiger charge is 2.18. The van der Waals surface area contributed by atoms with Gasteiger partial charge in [0.25, 0.3) is 0 Å². The Morgan fingerprint density at radius 3 is 2.80 bits per heavy atom. The second-order valence-corrected chi connectivity index (χ2v) is 4.71. The van der Waals surface area contributed by atoms with Crippen molar-refractivity contribution in [1.29, 1.82) is 0 Å². The van der Waals surface area contributed by atoms with Crippen LogP contribution in [0.15, 0.2) is 18.6 Å². The minimum absolute atomic E-state index is 0.403. The minimum atomic E-state index is 0.403. The van der Waals surface area contributed by atoms with Gasteiger partial charge in [0.05, 0.1) is 0 Å². The maximum atomic E-state index is 6.06. The lowest BCUT2D eigenvalue weighted by Crippen LogP contribution is -2.21. The first-order chi connectivity index (χ1) is 7.34. The Kier molecular flexibility index (Phi) is 3.78. The van der Waals surface area contributed by atoms with Gasteiger partial charge in [-0.1, -0.05) is 0 Å². The molecular formula is C11H16ClN3. The van der Waals surface area contributed by atoms with E-state index in [0.717, 1.165) is 31.1 Å². The van der Waals surface area contributed by atoms with Crippen molar-refractivity contribution >= 4 is 17.4 Å². The number of nitrogens with one attached hydrogen (secondary N) is 1. The van der Waals surface area contributed by atoms with Gasteiger partial charge in [-0.25, -0.2) is 9.97 Å². The molecule has 3 nitrogen and oxygen atoms in total. The van der Waals surface area contributed by atoms with E-state index in [9.17, 15) is 0 Å². The van der Waals surface area contributed by atoms with Gasteiger partial charge in [-0.05, 0) is 37.7 Å². The van der Waals surface area contributed by atoms with Crippen molar-refractivity contribution < 1.29 is 0 Å². The summed E-state index contributed by atoms with van der Waals surface area (Å²) < 4.78 is 0. The fourth-order valence-corrected chi connectivity index (χ4v) is 2.22. The molecule has 0 unspecified atom stereocenters. The van der Waals surface area contributed by atoms with Crippen molar-refractivity contribution in [3.8, 4) is 0 Å². The lowest BCUT2D eigenvalue weighted by atomic mass is 9.89. The van der Waals surface area contributed by atoms with Gasteiger partial charge in [-0.15, -0.1) is 11.6 Å². The number of anilines is 1. The van der Waals surface area contributed by atoms with E-state index in [1.807, 2.05) is 6.07 Å². The summed E-state index contributed by atoms with van der Waals surface area (Å²) in [4.78, 5) is 8.01. The Morgan fingerprint density at radius 2 is 2.13 bits per heavy atom. The van der Waals surface area contributed by atoms with E-state index in [-0.39, 0.29) is 0 Å². The largest absolute Gasteiger partial charge is 0.370 e. The van der Waals surface area contributed by atoms with Crippen LogP contribution < -0.4 is 5.32 Å². The van der Waals surface area contributed by atoms with E-state index in [1.54, 1.807) is 12.5 Å². The van der Waals surface area contributed by atoms with Crippen LogP contribution >= 0.6 is 11.6 Å². The van der Waals surface area contributed by atoms with Crippen molar-refractivity contribution in [2.45, 2.75) is 31.1 Å². The maximum absolute atomic E-state index is 6.06. The normalized spacial score (nSPS) is 26.2. The van der Waals surface area contributed by atoms with Crippen molar-refractivity contribution in [1.82, 2.24) is 9.97 Å². The standard InChI is InChI=1S/C11H16ClN3/c12-10-3-1-9(2-4-10)7-14-11-5-6-13-8-15-11/h5-6,8-10H,1-4,7H2,(H,13,14,15). The van der Waals surface area contributed by atoms with Crippen molar-refractivity contribution in [2.75, 3.05) is 11.9 Å². The highest BCUT2D eigenvalue weighted by Crippen LogP contribution is 2.27. The van der Waals surface area contributed by atoms with E-state index in [0.29, 0.717) is 5.38 Å². The van der Waals surface area contributed by atoms with Crippen molar-refractivity contribution in [3.63, 3.8) is 0 Å². The molecule has 4 heteroatoms. The lowest BCUT2D eigenvalue weighted by molar-refractivity contribution is 0.377. The molecule has 1 aliphatic rings. The summed E-state index contributed by atoms with van der Waals surface area (Å²) >= 11 is 6.06. The van der Waals surface area contributed by atoms with Gasteiger partial charge in [0.1, 0.15) is 12.1 Å². The van der Waals surface area contributed by atoms with Crippen LogP contribution in [0.3, 0.4) is 0 Å². The van der Waals surface area contributed by atoms with Gasteiger partial charge in [-0.2, -0.15) is 0 Å². The van der Waals surface area contributed by atoms with Gasteiger partial charge in [0.15, 0.2) is 0 Å². The molecule has 1 heterocycles. The predicted octanol–water partition coefficient (Wildman–Crippen LogP) is 2.69. The highest BCUT2D eigenvalue weighted by atomic mass is 35.5. The molecule has 1 aromatic rings. The minimum Gasteiger partial charge on any atom is -0.370 e. The number of halogens is 1. The van der Waals surface area contributed by atoms with Gasteiger partial charge in [-0.3, -0.25) is 0 Å². The predicted molar refractivity (Wildman–Crippen MR) is 62.1 cm³/mol. The van der Waals surface area contributed by atoms with Gasteiger partial charge >= 0.3 is 0 Å². The molecule has 1 aromatic heterocycles. The molecule has 0 amide bonds. The molecule has 0 spiro atoms. The molecule has 1 fully saturated rings. The Morgan fingerprint density at radius 1 is 1.33 bits per heavy atom. The monoisotopic (exact) mass is 225 g/mol. The van der Waals surface area contributed by atoms with Crippen molar-refractivity contribution in [3.05, 3.63) is 18.6 Å². The zero-order valence-corrected chi connectivity index (χ0v) is 9.45. The lowest BCUT2D eigenvalue weighted by Gasteiger charge is -2.25. The third kappa shape index (κ3) is 3.34. The molecule has 1 N–H and O–H groups in total. The maximum Gasteiger partial charge on any atom is 0.129 e. The van der Waals surface area contributed by atoms with Crippen LogP contribution in [-0.2, 0) is 0 Å². The van der Waals surface area contributed by atoms with Crippen LogP contribution in [0.4, 0.5) is 5.82 Å². The Labute approximate surface area is 95.3 Å². The quantitative estimate of drug-likeness (QED) is 0.804. The Hall–Kier alpha value is -0.830. The SMILES string of the molecule is ClC1CCC(CNc2ccncn2)CC1. The molecule has 1 aliphatic carbocycles. The summed E-state index contributed by atoms with van der Waals surface area (Å²) in [6.45, 7) is 1.00. The summed E-state index contributed by atoms with van der Waals surface area (Å²) in [5.41, 5.74) is 0. The average Bonchev–Trinajstić information content (AvgIpc) is 2.30. The molecule has 0 bridgehead atoms. The van der Waals surface area contributed by atoms with E-state index < -0.39 is 0 Å². The first-order valence-corrected chi connectivity index (χ1v) is 5.92. The summed E-state index contributed by atoms with van der Waals surface area (Å²) in [5, 5.41) is 3.74. The molecule has 0 radical (unpaired) electrons. The Balaban J connectivity index is 1.74. The van der Waals surface area contributed by atoms with E-state index in [2.05, 4.69) is 15.3 Å². The summed E-state index contributed by atoms with van der Waals surface area (Å²) in [7, 11) is 0. The molecule has 0 atom stereocenters. The molecule has 0 aliphatic heterocycles. The van der Waals surface area contributed by atoms with Crippen molar-refractivity contribution in [2.24, 2.45) is 5.92 Å². The third-order valence-corrected chi connectivity index (χ3v) is 3.37. The van der Waals surface area contributed by atoms with Gasteiger partial charge < -0.3 is 5.32 Å². The number of hydrogen-bond donors (Lipinski definition) is 1.